The molecule has 1 unspecified atom stereocenters. The molecule has 130 valence electrons. The molecule has 0 saturated carbocycles. The molecular formula is C18H23NO4S. The molecule has 0 aliphatic rings. The van der Waals surface area contributed by atoms with E-state index >= 15 is 0 Å². The van der Waals surface area contributed by atoms with Gasteiger partial charge < -0.3 is 9.47 Å². The second-order valence-electron chi connectivity index (χ2n) is 5.24. The Morgan fingerprint density at radius 1 is 1.17 bits per heavy atom. The summed E-state index contributed by atoms with van der Waals surface area (Å²) in [6.07, 6.45) is 3.28. The lowest BCUT2D eigenvalue weighted by Gasteiger charge is -2.17. The maximum absolute atomic E-state index is 11.3. The predicted molar refractivity (Wildman–Crippen MR) is 93.5 cm³/mol. The molecule has 0 heterocycles. The highest BCUT2D eigenvalue weighted by Crippen LogP contribution is 2.34. The van der Waals surface area contributed by atoms with Gasteiger partial charge in [-0.3, -0.25) is 9.59 Å². The van der Waals surface area contributed by atoms with E-state index in [1.165, 1.54) is 14.2 Å². The minimum absolute atomic E-state index is 0.181. The molecule has 6 heteroatoms. The van der Waals surface area contributed by atoms with Gasteiger partial charge in [0.25, 0.3) is 0 Å². The van der Waals surface area contributed by atoms with Crippen LogP contribution < -0.4 is 0 Å². The van der Waals surface area contributed by atoms with E-state index in [0.29, 0.717) is 24.2 Å². The quantitative estimate of drug-likeness (QED) is 0.474. The standard InChI is InChI=1S/C18H23NO4S/c1-22-17(20)9-4-3-8-16(24-11-10-18(21)23-2)15-7-5-6-14(12-15)13-19/h5-7,12,16H,3-4,8-11H2,1-2H3. The molecule has 0 aliphatic heterocycles. The molecule has 1 rings (SSSR count). The first-order valence-corrected chi connectivity index (χ1v) is 8.91. The fourth-order valence-corrected chi connectivity index (χ4v) is 3.48. The summed E-state index contributed by atoms with van der Waals surface area (Å²) in [5, 5.41) is 9.24. The van der Waals surface area contributed by atoms with Crippen molar-refractivity contribution in [2.75, 3.05) is 20.0 Å². The van der Waals surface area contributed by atoms with E-state index in [1.807, 2.05) is 18.2 Å². The maximum Gasteiger partial charge on any atom is 0.306 e. The van der Waals surface area contributed by atoms with E-state index < -0.39 is 0 Å². The topological polar surface area (TPSA) is 76.4 Å². The minimum atomic E-state index is -0.224. The van der Waals surface area contributed by atoms with E-state index in [4.69, 9.17) is 5.26 Å². The zero-order chi connectivity index (χ0) is 17.8. The summed E-state index contributed by atoms with van der Waals surface area (Å²) >= 11 is 1.68. The summed E-state index contributed by atoms with van der Waals surface area (Å²) in [6, 6.07) is 9.68. The Kier molecular flexibility index (Phi) is 9.62. The lowest BCUT2D eigenvalue weighted by molar-refractivity contribution is -0.141. The molecule has 1 aromatic rings. The smallest absolute Gasteiger partial charge is 0.306 e. The van der Waals surface area contributed by atoms with Crippen molar-refractivity contribution >= 4 is 23.7 Å². The van der Waals surface area contributed by atoms with Gasteiger partial charge in [-0.25, -0.2) is 0 Å². The van der Waals surface area contributed by atoms with Crippen molar-refractivity contribution in [2.45, 2.75) is 37.4 Å². The van der Waals surface area contributed by atoms with Gasteiger partial charge >= 0.3 is 11.9 Å². The van der Waals surface area contributed by atoms with Gasteiger partial charge in [-0.1, -0.05) is 18.6 Å². The number of hydrogen-bond donors (Lipinski definition) is 0. The van der Waals surface area contributed by atoms with Crippen LogP contribution in [0.1, 0.15) is 48.5 Å². The Morgan fingerprint density at radius 2 is 1.88 bits per heavy atom. The van der Waals surface area contributed by atoms with E-state index in [-0.39, 0.29) is 17.2 Å². The molecule has 0 saturated heterocycles. The highest BCUT2D eigenvalue weighted by Gasteiger charge is 2.14. The molecule has 0 spiro atoms. The van der Waals surface area contributed by atoms with Crippen LogP contribution in [0.5, 0.6) is 0 Å². The third kappa shape index (κ3) is 7.51. The summed E-state index contributed by atoms with van der Waals surface area (Å²) in [5.74, 6) is 0.236. The van der Waals surface area contributed by atoms with Gasteiger partial charge in [-0.15, -0.1) is 0 Å². The van der Waals surface area contributed by atoms with Crippen LogP contribution in [0.2, 0.25) is 0 Å². The van der Waals surface area contributed by atoms with Crippen molar-refractivity contribution in [1.29, 1.82) is 5.26 Å². The molecule has 5 nitrogen and oxygen atoms in total. The van der Waals surface area contributed by atoms with E-state index in [0.717, 1.165) is 24.8 Å². The van der Waals surface area contributed by atoms with Gasteiger partial charge in [0.15, 0.2) is 0 Å². The summed E-state index contributed by atoms with van der Waals surface area (Å²) in [7, 11) is 2.77. The number of nitriles is 1. The van der Waals surface area contributed by atoms with Crippen LogP contribution >= 0.6 is 11.8 Å². The second kappa shape index (κ2) is 11.5. The van der Waals surface area contributed by atoms with Crippen LogP contribution in [0.15, 0.2) is 24.3 Å². The molecule has 0 radical (unpaired) electrons. The first-order valence-electron chi connectivity index (χ1n) is 7.86. The average Bonchev–Trinajstić information content (AvgIpc) is 2.63. The Labute approximate surface area is 147 Å². The number of carbonyl (C=O) groups excluding carboxylic acids is 2. The molecule has 0 fully saturated rings. The summed E-state index contributed by atoms with van der Waals surface area (Å²) in [4.78, 5) is 22.4. The number of methoxy groups -OCH3 is 2. The molecule has 0 N–H and O–H groups in total. The van der Waals surface area contributed by atoms with Crippen LogP contribution in [-0.2, 0) is 19.1 Å². The van der Waals surface area contributed by atoms with E-state index in [9.17, 15) is 9.59 Å². The van der Waals surface area contributed by atoms with Crippen LogP contribution in [0, 0.1) is 11.3 Å². The van der Waals surface area contributed by atoms with Crippen molar-refractivity contribution in [3.8, 4) is 6.07 Å². The van der Waals surface area contributed by atoms with E-state index in [2.05, 4.69) is 15.5 Å². The summed E-state index contributed by atoms with van der Waals surface area (Å²) in [5.41, 5.74) is 1.70. The zero-order valence-corrected chi connectivity index (χ0v) is 14.9. The average molecular weight is 349 g/mol. The van der Waals surface area contributed by atoms with Gasteiger partial charge in [-0.2, -0.15) is 17.0 Å². The molecule has 1 atom stereocenters. The number of nitrogens with zero attached hydrogens (tertiary/aromatic N) is 1. The third-order valence-electron chi connectivity index (χ3n) is 3.57. The molecular weight excluding hydrogens is 326 g/mol. The van der Waals surface area contributed by atoms with Crippen LogP contribution in [-0.4, -0.2) is 31.9 Å². The number of ether oxygens (including phenoxy) is 2. The lowest BCUT2D eigenvalue weighted by atomic mass is 10.0. The van der Waals surface area contributed by atoms with Crippen LogP contribution in [0.3, 0.4) is 0 Å². The number of carbonyl (C=O) groups is 2. The SMILES string of the molecule is COC(=O)CCCCC(SCCC(=O)OC)c1cccc(C#N)c1. The fraction of sp³-hybridized carbons (Fsp3) is 0.500. The summed E-state index contributed by atoms with van der Waals surface area (Å²) < 4.78 is 9.31. The Balaban J connectivity index is 2.62. The van der Waals surface area contributed by atoms with Crippen molar-refractivity contribution in [3.05, 3.63) is 35.4 Å². The predicted octanol–water partition coefficient (Wildman–Crippen LogP) is 3.63. The second-order valence-corrected chi connectivity index (χ2v) is 6.56. The highest BCUT2D eigenvalue weighted by atomic mass is 32.2. The first kappa shape index (κ1) is 20.0. The van der Waals surface area contributed by atoms with Crippen molar-refractivity contribution in [3.63, 3.8) is 0 Å². The number of hydrogen-bond acceptors (Lipinski definition) is 6. The van der Waals surface area contributed by atoms with Crippen LogP contribution in [0.4, 0.5) is 0 Å². The Morgan fingerprint density at radius 3 is 2.54 bits per heavy atom. The van der Waals surface area contributed by atoms with Gasteiger partial charge in [0.05, 0.1) is 32.3 Å². The monoisotopic (exact) mass is 349 g/mol. The van der Waals surface area contributed by atoms with Gasteiger partial charge in [0.2, 0.25) is 0 Å². The molecule has 0 amide bonds. The Bertz CT molecular complexity index is 583. The molecule has 1 aromatic carbocycles. The van der Waals surface area contributed by atoms with E-state index in [1.54, 1.807) is 17.8 Å². The lowest BCUT2D eigenvalue weighted by Crippen LogP contribution is -2.04. The number of benzene rings is 1. The highest BCUT2D eigenvalue weighted by molar-refractivity contribution is 7.99. The molecule has 0 aromatic heterocycles. The number of rotatable bonds is 10. The molecule has 0 aliphatic carbocycles. The zero-order valence-electron chi connectivity index (χ0n) is 14.1. The fourth-order valence-electron chi connectivity index (χ4n) is 2.24. The Hall–Kier alpha value is -2.00. The van der Waals surface area contributed by atoms with Crippen molar-refractivity contribution < 1.29 is 19.1 Å². The molecule has 24 heavy (non-hydrogen) atoms. The maximum atomic E-state index is 11.3. The minimum Gasteiger partial charge on any atom is -0.469 e. The van der Waals surface area contributed by atoms with Gasteiger partial charge in [0, 0.05) is 17.4 Å². The largest absolute Gasteiger partial charge is 0.469 e. The van der Waals surface area contributed by atoms with Crippen molar-refractivity contribution in [1.82, 2.24) is 0 Å². The summed E-state index contributed by atoms with van der Waals surface area (Å²) in [6.45, 7) is 0. The number of thioether (sulfide) groups is 1. The van der Waals surface area contributed by atoms with Gasteiger partial charge in [-0.05, 0) is 30.5 Å². The van der Waals surface area contributed by atoms with Crippen LogP contribution in [0.25, 0.3) is 0 Å². The third-order valence-corrected chi connectivity index (χ3v) is 4.92. The van der Waals surface area contributed by atoms with Crippen molar-refractivity contribution in [2.24, 2.45) is 0 Å². The first-order chi connectivity index (χ1) is 11.6. The number of esters is 2. The molecule has 0 bridgehead atoms. The van der Waals surface area contributed by atoms with Gasteiger partial charge in [0.1, 0.15) is 0 Å². The number of unbranched alkanes of at least 4 members (excludes halogenated alkanes) is 1. The normalized spacial score (nSPS) is 11.4.